The molecule has 1 aliphatic carbocycles. The Balaban J connectivity index is 1.20. The monoisotopic (exact) mass is 341 g/mol. The largest absolute Gasteiger partial charge is 0.301 e. The van der Waals surface area contributed by atoms with Gasteiger partial charge in [0.05, 0.1) is 0 Å². The van der Waals surface area contributed by atoms with Crippen LogP contribution in [0, 0.1) is 5.92 Å². The van der Waals surface area contributed by atoms with Crippen LogP contribution >= 0.6 is 0 Å². The maximum Gasteiger partial charge on any atom is 0.0233 e. The first kappa shape index (κ1) is 17.5. The van der Waals surface area contributed by atoms with Crippen molar-refractivity contribution >= 4 is 0 Å². The van der Waals surface area contributed by atoms with Crippen LogP contribution in [0.5, 0.6) is 0 Å². The lowest BCUT2D eigenvalue weighted by Gasteiger charge is -2.41. The van der Waals surface area contributed by atoms with Crippen molar-refractivity contribution in [3.63, 3.8) is 0 Å². The molecule has 1 aromatic rings. The Bertz CT molecular complexity index is 521. The number of benzene rings is 1. The Kier molecular flexibility index (Phi) is 5.74. The SMILES string of the molecule is CCN1CCN(C[C@H]2C[C@H](c3ccc(CN4CCCC4)cc3)C2)CC1. The summed E-state index contributed by atoms with van der Waals surface area (Å²) in [6.07, 6.45) is 5.57. The summed E-state index contributed by atoms with van der Waals surface area (Å²) < 4.78 is 0. The van der Waals surface area contributed by atoms with Crippen molar-refractivity contribution in [3.8, 4) is 0 Å². The second-order valence-corrected chi connectivity index (χ2v) is 8.49. The van der Waals surface area contributed by atoms with Crippen molar-refractivity contribution in [2.45, 2.75) is 45.1 Å². The number of hydrogen-bond acceptors (Lipinski definition) is 3. The third kappa shape index (κ3) is 4.45. The van der Waals surface area contributed by atoms with E-state index in [1.54, 1.807) is 5.56 Å². The van der Waals surface area contributed by atoms with Crippen molar-refractivity contribution < 1.29 is 0 Å². The molecular weight excluding hydrogens is 306 g/mol. The van der Waals surface area contributed by atoms with Crippen LogP contribution in [0.15, 0.2) is 24.3 Å². The van der Waals surface area contributed by atoms with E-state index in [2.05, 4.69) is 45.9 Å². The van der Waals surface area contributed by atoms with Gasteiger partial charge in [-0.15, -0.1) is 0 Å². The number of piperazine rings is 1. The minimum absolute atomic E-state index is 0.822. The fourth-order valence-electron chi connectivity index (χ4n) is 4.90. The fraction of sp³-hybridized carbons (Fsp3) is 0.727. The van der Waals surface area contributed by atoms with Gasteiger partial charge in [-0.25, -0.2) is 0 Å². The van der Waals surface area contributed by atoms with Crippen molar-refractivity contribution in [3.05, 3.63) is 35.4 Å². The molecule has 3 aliphatic rings. The molecule has 3 heteroatoms. The number of rotatable bonds is 6. The van der Waals surface area contributed by atoms with E-state index in [1.165, 1.54) is 83.6 Å². The van der Waals surface area contributed by atoms with Crippen molar-refractivity contribution in [1.82, 2.24) is 14.7 Å². The highest BCUT2D eigenvalue weighted by molar-refractivity contribution is 5.27. The molecule has 3 nitrogen and oxygen atoms in total. The van der Waals surface area contributed by atoms with Gasteiger partial charge in [-0.05, 0) is 68.3 Å². The Morgan fingerprint density at radius 2 is 1.44 bits per heavy atom. The van der Waals surface area contributed by atoms with Gasteiger partial charge in [0.2, 0.25) is 0 Å². The van der Waals surface area contributed by atoms with E-state index >= 15 is 0 Å². The lowest BCUT2D eigenvalue weighted by molar-refractivity contribution is 0.0964. The zero-order valence-electron chi connectivity index (χ0n) is 16.0. The smallest absolute Gasteiger partial charge is 0.0233 e. The second kappa shape index (κ2) is 8.20. The third-order valence-electron chi connectivity index (χ3n) is 6.72. The van der Waals surface area contributed by atoms with E-state index in [1.807, 2.05) is 0 Å². The highest BCUT2D eigenvalue weighted by Gasteiger charge is 2.32. The molecule has 0 bridgehead atoms. The number of likely N-dealkylation sites (tertiary alicyclic amines) is 1. The molecule has 2 saturated heterocycles. The van der Waals surface area contributed by atoms with E-state index in [4.69, 9.17) is 0 Å². The molecule has 4 rings (SSSR count). The van der Waals surface area contributed by atoms with E-state index in [0.717, 1.165) is 18.4 Å². The van der Waals surface area contributed by atoms with Gasteiger partial charge in [0.25, 0.3) is 0 Å². The molecule has 138 valence electrons. The topological polar surface area (TPSA) is 9.72 Å². The molecule has 2 aliphatic heterocycles. The van der Waals surface area contributed by atoms with Crippen LogP contribution in [-0.2, 0) is 6.54 Å². The Morgan fingerprint density at radius 1 is 0.800 bits per heavy atom. The van der Waals surface area contributed by atoms with Crippen LogP contribution in [0.2, 0.25) is 0 Å². The molecule has 3 fully saturated rings. The second-order valence-electron chi connectivity index (χ2n) is 8.49. The summed E-state index contributed by atoms with van der Waals surface area (Å²) in [6.45, 7) is 13.7. The average molecular weight is 342 g/mol. The summed E-state index contributed by atoms with van der Waals surface area (Å²) in [6, 6.07) is 9.58. The molecule has 0 atom stereocenters. The predicted octanol–water partition coefficient (Wildman–Crippen LogP) is 3.41. The predicted molar refractivity (Wildman–Crippen MR) is 105 cm³/mol. The quantitative estimate of drug-likeness (QED) is 0.785. The minimum Gasteiger partial charge on any atom is -0.301 e. The normalized spacial score (nSPS) is 29.0. The molecule has 0 radical (unpaired) electrons. The minimum atomic E-state index is 0.822. The molecule has 0 unspecified atom stereocenters. The van der Waals surface area contributed by atoms with Crippen molar-refractivity contribution in [2.75, 3.05) is 52.4 Å². The number of hydrogen-bond donors (Lipinski definition) is 0. The maximum atomic E-state index is 2.70. The standard InChI is InChI=1S/C22H35N3/c1-2-23-11-13-25(14-12-23)18-20-15-22(16-20)21-7-5-19(6-8-21)17-24-9-3-4-10-24/h5-8,20,22H,2-4,9-18H2,1H3/t20-,22-. The van der Waals surface area contributed by atoms with Gasteiger partial charge in [0, 0.05) is 39.3 Å². The summed E-state index contributed by atoms with van der Waals surface area (Å²) in [5, 5.41) is 0. The Hall–Kier alpha value is -0.900. The van der Waals surface area contributed by atoms with Gasteiger partial charge in [0.15, 0.2) is 0 Å². The van der Waals surface area contributed by atoms with Crippen LogP contribution in [0.25, 0.3) is 0 Å². The lowest BCUT2D eigenvalue weighted by atomic mass is 9.71. The first-order chi connectivity index (χ1) is 12.3. The first-order valence-electron chi connectivity index (χ1n) is 10.6. The van der Waals surface area contributed by atoms with E-state index < -0.39 is 0 Å². The van der Waals surface area contributed by atoms with Gasteiger partial charge in [-0.3, -0.25) is 4.90 Å². The summed E-state index contributed by atoms with van der Waals surface area (Å²) in [4.78, 5) is 7.86. The van der Waals surface area contributed by atoms with Crippen LogP contribution in [0.1, 0.15) is 49.7 Å². The van der Waals surface area contributed by atoms with Crippen LogP contribution in [-0.4, -0.2) is 67.1 Å². The fourth-order valence-corrected chi connectivity index (χ4v) is 4.90. The Labute approximate surface area is 154 Å². The molecular formula is C22H35N3. The number of likely N-dealkylation sites (N-methyl/N-ethyl adjacent to an activating group) is 1. The molecule has 25 heavy (non-hydrogen) atoms. The molecule has 1 aromatic carbocycles. The van der Waals surface area contributed by atoms with Gasteiger partial charge in [-0.2, -0.15) is 0 Å². The van der Waals surface area contributed by atoms with Gasteiger partial charge in [-0.1, -0.05) is 31.2 Å². The van der Waals surface area contributed by atoms with Crippen LogP contribution < -0.4 is 0 Å². The Morgan fingerprint density at radius 3 is 2.08 bits per heavy atom. The van der Waals surface area contributed by atoms with Crippen LogP contribution in [0.4, 0.5) is 0 Å². The maximum absolute atomic E-state index is 2.70. The first-order valence-corrected chi connectivity index (χ1v) is 10.6. The molecule has 0 aromatic heterocycles. The molecule has 2 heterocycles. The third-order valence-corrected chi connectivity index (χ3v) is 6.72. The number of nitrogens with zero attached hydrogens (tertiary/aromatic N) is 3. The molecule has 0 amide bonds. The van der Waals surface area contributed by atoms with Gasteiger partial charge < -0.3 is 9.80 Å². The van der Waals surface area contributed by atoms with E-state index in [0.29, 0.717) is 0 Å². The molecule has 1 saturated carbocycles. The zero-order valence-corrected chi connectivity index (χ0v) is 16.0. The molecule has 0 N–H and O–H groups in total. The van der Waals surface area contributed by atoms with Gasteiger partial charge >= 0.3 is 0 Å². The summed E-state index contributed by atoms with van der Waals surface area (Å²) in [7, 11) is 0. The lowest BCUT2D eigenvalue weighted by Crippen LogP contribution is -2.48. The van der Waals surface area contributed by atoms with Crippen LogP contribution in [0.3, 0.4) is 0 Å². The average Bonchev–Trinajstić information content (AvgIpc) is 3.12. The zero-order chi connectivity index (χ0) is 17.1. The summed E-state index contributed by atoms with van der Waals surface area (Å²) in [5.41, 5.74) is 3.08. The summed E-state index contributed by atoms with van der Waals surface area (Å²) in [5.74, 6) is 1.75. The van der Waals surface area contributed by atoms with E-state index in [9.17, 15) is 0 Å². The van der Waals surface area contributed by atoms with Crippen molar-refractivity contribution in [1.29, 1.82) is 0 Å². The van der Waals surface area contributed by atoms with Gasteiger partial charge in [0.1, 0.15) is 0 Å². The molecule has 0 spiro atoms. The summed E-state index contributed by atoms with van der Waals surface area (Å²) >= 11 is 0. The highest BCUT2D eigenvalue weighted by atomic mass is 15.3. The van der Waals surface area contributed by atoms with Crippen molar-refractivity contribution in [2.24, 2.45) is 5.92 Å². The highest BCUT2D eigenvalue weighted by Crippen LogP contribution is 2.42. The van der Waals surface area contributed by atoms with E-state index in [-0.39, 0.29) is 0 Å².